The second kappa shape index (κ2) is 9.16. The molecule has 3 rings (SSSR count). The molecule has 6 nitrogen and oxygen atoms in total. The second-order valence-electron chi connectivity index (χ2n) is 7.08. The maximum absolute atomic E-state index is 12.4. The van der Waals surface area contributed by atoms with E-state index < -0.39 is 0 Å². The number of pyridine rings is 1. The van der Waals surface area contributed by atoms with Crippen LogP contribution in [0.2, 0.25) is 0 Å². The highest BCUT2D eigenvalue weighted by molar-refractivity contribution is 8.00. The highest BCUT2D eigenvalue weighted by Crippen LogP contribution is 2.33. The molecule has 1 aromatic carbocycles. The van der Waals surface area contributed by atoms with Gasteiger partial charge in [0.2, 0.25) is 5.91 Å². The molecule has 1 saturated carbocycles. The van der Waals surface area contributed by atoms with Crippen molar-refractivity contribution in [3.8, 4) is 17.6 Å². The third-order valence-electron chi connectivity index (χ3n) is 5.20. The average Bonchev–Trinajstić information content (AvgIpc) is 2.72. The minimum atomic E-state index is -0.0122. The van der Waals surface area contributed by atoms with E-state index in [-0.39, 0.29) is 17.7 Å². The minimum absolute atomic E-state index is 0.0122. The van der Waals surface area contributed by atoms with Crippen molar-refractivity contribution >= 4 is 28.6 Å². The molecular weight excluding hydrogens is 374 g/mol. The molecule has 0 saturated heterocycles. The number of benzene rings is 1. The van der Waals surface area contributed by atoms with Gasteiger partial charge in [-0.25, -0.2) is 4.98 Å². The summed E-state index contributed by atoms with van der Waals surface area (Å²) < 4.78 is 10.6. The van der Waals surface area contributed by atoms with Gasteiger partial charge in [0.1, 0.15) is 11.1 Å². The number of methoxy groups -OCH3 is 2. The lowest BCUT2D eigenvalue weighted by atomic mass is 9.86. The van der Waals surface area contributed by atoms with E-state index in [1.54, 1.807) is 32.4 Å². The van der Waals surface area contributed by atoms with E-state index in [0.717, 1.165) is 18.2 Å². The fourth-order valence-corrected chi connectivity index (χ4v) is 4.36. The van der Waals surface area contributed by atoms with Crippen molar-refractivity contribution in [2.75, 3.05) is 20.0 Å². The summed E-state index contributed by atoms with van der Waals surface area (Å²) in [7, 11) is 3.14. The molecule has 2 atom stereocenters. The van der Waals surface area contributed by atoms with Crippen LogP contribution >= 0.6 is 11.8 Å². The van der Waals surface area contributed by atoms with Crippen LogP contribution in [0.3, 0.4) is 0 Å². The molecule has 1 heterocycles. The molecule has 1 aliphatic rings. The first-order chi connectivity index (χ1) is 13.5. The summed E-state index contributed by atoms with van der Waals surface area (Å²) in [4.78, 5) is 17.0. The number of hydrogen-bond donors (Lipinski definition) is 1. The van der Waals surface area contributed by atoms with Gasteiger partial charge in [-0.3, -0.25) is 4.79 Å². The molecule has 0 aliphatic heterocycles. The van der Waals surface area contributed by atoms with Gasteiger partial charge in [-0.2, -0.15) is 5.26 Å². The van der Waals surface area contributed by atoms with Crippen LogP contribution in [0, 0.1) is 17.2 Å². The number of hydrogen-bond acceptors (Lipinski definition) is 6. The number of fused-ring (bicyclic) bond motifs is 1. The fraction of sp³-hybridized carbons (Fsp3) is 0.476. The molecule has 1 aromatic heterocycles. The van der Waals surface area contributed by atoms with E-state index >= 15 is 0 Å². The van der Waals surface area contributed by atoms with Crippen LogP contribution in [-0.2, 0) is 4.79 Å². The molecular formula is C21H25N3O3S. The van der Waals surface area contributed by atoms with Crippen LogP contribution < -0.4 is 14.8 Å². The summed E-state index contributed by atoms with van der Waals surface area (Å²) in [5, 5.41) is 14.0. The molecule has 2 aromatic rings. The summed E-state index contributed by atoms with van der Waals surface area (Å²) in [6.45, 7) is 2.19. The van der Waals surface area contributed by atoms with E-state index in [1.807, 2.05) is 0 Å². The molecule has 0 unspecified atom stereocenters. The predicted molar refractivity (Wildman–Crippen MR) is 110 cm³/mol. The molecule has 1 N–H and O–H groups in total. The molecule has 0 spiro atoms. The Labute approximate surface area is 169 Å². The molecule has 7 heteroatoms. The Kier molecular flexibility index (Phi) is 6.63. The number of nitrogens with one attached hydrogen (secondary N) is 1. The maximum atomic E-state index is 12.4. The number of thioether (sulfide) groups is 1. The number of amides is 1. The summed E-state index contributed by atoms with van der Waals surface area (Å²) >= 11 is 1.29. The highest BCUT2D eigenvalue weighted by atomic mass is 32.2. The lowest BCUT2D eigenvalue weighted by Gasteiger charge is -2.29. The number of rotatable bonds is 6. The zero-order valence-corrected chi connectivity index (χ0v) is 17.3. The smallest absolute Gasteiger partial charge is 0.230 e. The van der Waals surface area contributed by atoms with Gasteiger partial charge in [0.25, 0.3) is 0 Å². The predicted octanol–water partition coefficient (Wildman–Crippen LogP) is 3.91. The Morgan fingerprint density at radius 3 is 2.64 bits per heavy atom. The van der Waals surface area contributed by atoms with Crippen molar-refractivity contribution in [1.82, 2.24) is 10.3 Å². The van der Waals surface area contributed by atoms with Crippen LogP contribution in [0.4, 0.5) is 0 Å². The van der Waals surface area contributed by atoms with Crippen molar-refractivity contribution in [3.05, 3.63) is 23.8 Å². The van der Waals surface area contributed by atoms with Gasteiger partial charge in [-0.05, 0) is 30.9 Å². The maximum Gasteiger partial charge on any atom is 0.230 e. The van der Waals surface area contributed by atoms with E-state index in [1.165, 1.54) is 24.6 Å². The van der Waals surface area contributed by atoms with Gasteiger partial charge in [-0.15, -0.1) is 0 Å². The molecule has 1 fully saturated rings. The summed E-state index contributed by atoms with van der Waals surface area (Å²) in [5.41, 5.74) is 1.14. The molecule has 0 radical (unpaired) electrons. The quantitative estimate of drug-likeness (QED) is 0.742. The van der Waals surface area contributed by atoms with Gasteiger partial charge in [0.15, 0.2) is 11.5 Å². The number of ether oxygens (including phenoxy) is 2. The third kappa shape index (κ3) is 4.50. The molecule has 148 valence electrons. The fourth-order valence-electron chi connectivity index (χ4n) is 3.59. The Morgan fingerprint density at radius 2 is 1.96 bits per heavy atom. The van der Waals surface area contributed by atoms with E-state index in [0.29, 0.717) is 33.5 Å². The SMILES string of the molecule is COc1cc2cc(C#N)c(SCC(=O)N[C@H]3CCCC[C@H]3C)nc2cc1OC. The van der Waals surface area contributed by atoms with Crippen molar-refractivity contribution in [2.45, 2.75) is 43.7 Å². The Bertz CT molecular complexity index is 910. The van der Waals surface area contributed by atoms with Crippen molar-refractivity contribution in [3.63, 3.8) is 0 Å². The van der Waals surface area contributed by atoms with Crippen LogP contribution in [0.15, 0.2) is 23.2 Å². The Hall–Kier alpha value is -2.46. The first kappa shape index (κ1) is 20.3. The number of nitriles is 1. The lowest BCUT2D eigenvalue weighted by molar-refractivity contribution is -0.119. The number of nitrogens with zero attached hydrogens (tertiary/aromatic N) is 2. The Balaban J connectivity index is 1.76. The zero-order valence-electron chi connectivity index (χ0n) is 16.4. The van der Waals surface area contributed by atoms with Crippen LogP contribution in [-0.4, -0.2) is 36.9 Å². The van der Waals surface area contributed by atoms with Crippen LogP contribution in [0.1, 0.15) is 38.2 Å². The first-order valence-corrected chi connectivity index (χ1v) is 10.4. The van der Waals surface area contributed by atoms with Gasteiger partial charge in [-0.1, -0.05) is 31.5 Å². The van der Waals surface area contributed by atoms with Gasteiger partial charge in [0.05, 0.1) is 31.1 Å². The number of carbonyl (C=O) groups is 1. The van der Waals surface area contributed by atoms with Crippen molar-refractivity contribution in [2.24, 2.45) is 5.92 Å². The minimum Gasteiger partial charge on any atom is -0.493 e. The monoisotopic (exact) mass is 399 g/mol. The average molecular weight is 400 g/mol. The number of aromatic nitrogens is 1. The van der Waals surface area contributed by atoms with Gasteiger partial charge in [0, 0.05) is 17.5 Å². The molecule has 1 aliphatic carbocycles. The third-order valence-corrected chi connectivity index (χ3v) is 6.19. The van der Waals surface area contributed by atoms with Crippen molar-refractivity contribution < 1.29 is 14.3 Å². The largest absolute Gasteiger partial charge is 0.493 e. The van der Waals surface area contributed by atoms with Gasteiger partial charge >= 0.3 is 0 Å². The van der Waals surface area contributed by atoms with Crippen molar-refractivity contribution in [1.29, 1.82) is 5.26 Å². The second-order valence-corrected chi connectivity index (χ2v) is 8.04. The molecule has 1 amide bonds. The van der Waals surface area contributed by atoms with Gasteiger partial charge < -0.3 is 14.8 Å². The summed E-state index contributed by atoms with van der Waals surface area (Å²) in [6, 6.07) is 7.78. The molecule has 0 bridgehead atoms. The van der Waals surface area contributed by atoms with Crippen LogP contribution in [0.5, 0.6) is 11.5 Å². The number of carbonyl (C=O) groups excluding carboxylic acids is 1. The van der Waals surface area contributed by atoms with E-state index in [9.17, 15) is 10.1 Å². The lowest BCUT2D eigenvalue weighted by Crippen LogP contribution is -2.41. The standard InChI is InChI=1S/C21H25N3O3S/c1-13-6-4-5-7-16(13)23-20(25)12-28-21-15(11-22)8-14-9-18(26-2)19(27-3)10-17(14)24-21/h8-10,13,16H,4-7,12H2,1-3H3,(H,23,25)/t13-,16+/m1/s1. The topological polar surface area (TPSA) is 84.2 Å². The summed E-state index contributed by atoms with van der Waals surface area (Å²) in [5.74, 6) is 1.90. The first-order valence-electron chi connectivity index (χ1n) is 9.44. The molecule has 28 heavy (non-hydrogen) atoms. The van der Waals surface area contributed by atoms with E-state index in [4.69, 9.17) is 9.47 Å². The highest BCUT2D eigenvalue weighted by Gasteiger charge is 2.23. The van der Waals surface area contributed by atoms with Crippen LogP contribution in [0.25, 0.3) is 10.9 Å². The summed E-state index contributed by atoms with van der Waals surface area (Å²) in [6.07, 6.45) is 4.60. The Morgan fingerprint density at radius 1 is 1.25 bits per heavy atom. The normalized spacial score (nSPS) is 19.1. The zero-order chi connectivity index (χ0) is 20.1. The van der Waals surface area contributed by atoms with E-state index in [2.05, 4.69) is 23.3 Å².